The Bertz CT molecular complexity index is 629. The Hall–Kier alpha value is -2.57. The standard InChI is InChI=1S/C10H10N6O/c11-7-1-6-3-14-15-8(6)2-9(7)12-4-10-13-5-17-16-10/h1-3,5,12H,4,11H2,(H,14,15). The lowest BCUT2D eigenvalue weighted by Crippen LogP contribution is -2.03. The van der Waals surface area contributed by atoms with Gasteiger partial charge in [0, 0.05) is 5.39 Å². The maximum absolute atomic E-state index is 5.92. The van der Waals surface area contributed by atoms with Gasteiger partial charge < -0.3 is 15.6 Å². The maximum atomic E-state index is 5.92. The van der Waals surface area contributed by atoms with Crippen LogP contribution in [0.3, 0.4) is 0 Å². The molecule has 3 rings (SSSR count). The van der Waals surface area contributed by atoms with Crippen molar-refractivity contribution in [2.24, 2.45) is 0 Å². The Morgan fingerprint density at radius 3 is 3.18 bits per heavy atom. The zero-order valence-electron chi connectivity index (χ0n) is 8.84. The van der Waals surface area contributed by atoms with Gasteiger partial charge in [0.15, 0.2) is 5.82 Å². The van der Waals surface area contributed by atoms with E-state index in [2.05, 4.69) is 30.2 Å². The molecule has 0 amide bonds. The SMILES string of the molecule is Nc1cc2cn[nH]c2cc1NCc1ncon1. The monoisotopic (exact) mass is 230 g/mol. The van der Waals surface area contributed by atoms with Crippen LogP contribution in [0.1, 0.15) is 5.82 Å². The van der Waals surface area contributed by atoms with E-state index in [9.17, 15) is 0 Å². The minimum atomic E-state index is 0.459. The van der Waals surface area contributed by atoms with Crippen LogP contribution in [-0.2, 0) is 6.54 Å². The lowest BCUT2D eigenvalue weighted by Gasteiger charge is -2.07. The Morgan fingerprint density at radius 2 is 2.35 bits per heavy atom. The van der Waals surface area contributed by atoms with E-state index < -0.39 is 0 Å². The van der Waals surface area contributed by atoms with Crippen LogP contribution in [-0.4, -0.2) is 20.3 Å². The van der Waals surface area contributed by atoms with Gasteiger partial charge in [0.2, 0.25) is 6.39 Å². The van der Waals surface area contributed by atoms with E-state index in [1.807, 2.05) is 12.1 Å². The Labute approximate surface area is 96.0 Å². The normalized spacial score (nSPS) is 10.8. The number of aromatic nitrogens is 4. The predicted octanol–water partition coefficient (Wildman–Crippen LogP) is 1.14. The lowest BCUT2D eigenvalue weighted by molar-refractivity contribution is 0.411. The highest BCUT2D eigenvalue weighted by Gasteiger charge is 2.04. The number of nitrogens with two attached hydrogens (primary N) is 1. The Kier molecular flexibility index (Phi) is 2.14. The summed E-state index contributed by atoms with van der Waals surface area (Å²) in [5.74, 6) is 0.578. The molecular weight excluding hydrogens is 220 g/mol. The van der Waals surface area contributed by atoms with Crippen molar-refractivity contribution in [3.63, 3.8) is 0 Å². The van der Waals surface area contributed by atoms with Crippen LogP contribution in [0.25, 0.3) is 10.9 Å². The van der Waals surface area contributed by atoms with Crippen molar-refractivity contribution < 1.29 is 4.52 Å². The van der Waals surface area contributed by atoms with Crippen LogP contribution >= 0.6 is 0 Å². The van der Waals surface area contributed by atoms with Gasteiger partial charge in [-0.05, 0) is 12.1 Å². The first-order valence-corrected chi connectivity index (χ1v) is 5.04. The van der Waals surface area contributed by atoms with Gasteiger partial charge in [-0.2, -0.15) is 10.1 Å². The minimum Gasteiger partial charge on any atom is -0.397 e. The fraction of sp³-hybridized carbons (Fsp3) is 0.100. The number of benzene rings is 1. The summed E-state index contributed by atoms with van der Waals surface area (Å²) >= 11 is 0. The number of hydrogen-bond donors (Lipinski definition) is 3. The summed E-state index contributed by atoms with van der Waals surface area (Å²) in [6, 6.07) is 3.76. The van der Waals surface area contributed by atoms with Crippen LogP contribution < -0.4 is 11.1 Å². The van der Waals surface area contributed by atoms with Crippen LogP contribution in [0, 0.1) is 0 Å². The van der Waals surface area contributed by atoms with Gasteiger partial charge in [-0.15, -0.1) is 0 Å². The van der Waals surface area contributed by atoms with Gasteiger partial charge in [0.25, 0.3) is 0 Å². The molecule has 0 aliphatic heterocycles. The van der Waals surface area contributed by atoms with Gasteiger partial charge in [0.05, 0.1) is 29.6 Å². The molecule has 0 unspecified atom stereocenters. The smallest absolute Gasteiger partial charge is 0.213 e. The van der Waals surface area contributed by atoms with E-state index in [1.54, 1.807) is 6.20 Å². The van der Waals surface area contributed by atoms with Gasteiger partial charge in [-0.25, -0.2) is 0 Å². The molecule has 0 radical (unpaired) electrons. The van der Waals surface area contributed by atoms with E-state index in [0.29, 0.717) is 18.1 Å². The highest BCUT2D eigenvalue weighted by atomic mass is 16.5. The summed E-state index contributed by atoms with van der Waals surface area (Å²) in [5, 5.41) is 14.7. The fourth-order valence-corrected chi connectivity index (χ4v) is 1.61. The quantitative estimate of drug-likeness (QED) is 0.582. The first kappa shape index (κ1) is 9.64. The molecule has 0 bridgehead atoms. The highest BCUT2D eigenvalue weighted by Crippen LogP contribution is 2.24. The number of rotatable bonds is 3. The van der Waals surface area contributed by atoms with Crippen LogP contribution in [0.2, 0.25) is 0 Å². The average Bonchev–Trinajstić information content (AvgIpc) is 2.95. The van der Waals surface area contributed by atoms with E-state index in [4.69, 9.17) is 5.73 Å². The van der Waals surface area contributed by atoms with E-state index in [-0.39, 0.29) is 0 Å². The fourth-order valence-electron chi connectivity index (χ4n) is 1.61. The minimum absolute atomic E-state index is 0.459. The zero-order valence-corrected chi connectivity index (χ0v) is 8.84. The average molecular weight is 230 g/mol. The summed E-state index contributed by atoms with van der Waals surface area (Å²) in [6.45, 7) is 0.459. The summed E-state index contributed by atoms with van der Waals surface area (Å²) < 4.78 is 4.64. The molecule has 3 aromatic rings. The second-order valence-electron chi connectivity index (χ2n) is 3.60. The van der Waals surface area contributed by atoms with Crippen LogP contribution in [0.5, 0.6) is 0 Å². The lowest BCUT2D eigenvalue weighted by atomic mass is 10.2. The molecule has 4 N–H and O–H groups in total. The van der Waals surface area contributed by atoms with E-state index in [1.165, 1.54) is 6.39 Å². The number of anilines is 2. The summed E-state index contributed by atoms with van der Waals surface area (Å²) in [7, 11) is 0. The van der Waals surface area contributed by atoms with Crippen molar-refractivity contribution in [2.75, 3.05) is 11.1 Å². The molecule has 0 spiro atoms. The molecule has 0 saturated heterocycles. The molecule has 0 aliphatic carbocycles. The van der Waals surface area contributed by atoms with Crippen molar-refractivity contribution in [2.45, 2.75) is 6.54 Å². The molecule has 1 aromatic carbocycles. The molecule has 17 heavy (non-hydrogen) atoms. The molecule has 0 fully saturated rings. The summed E-state index contributed by atoms with van der Waals surface area (Å²) in [5.41, 5.74) is 8.31. The zero-order chi connectivity index (χ0) is 11.7. The van der Waals surface area contributed by atoms with Crippen molar-refractivity contribution in [3.8, 4) is 0 Å². The molecule has 2 aromatic heterocycles. The van der Waals surface area contributed by atoms with Crippen molar-refractivity contribution in [1.29, 1.82) is 0 Å². The van der Waals surface area contributed by atoms with Crippen molar-refractivity contribution in [1.82, 2.24) is 20.3 Å². The molecule has 0 aliphatic rings. The van der Waals surface area contributed by atoms with Gasteiger partial charge in [-0.3, -0.25) is 5.10 Å². The number of hydrogen-bond acceptors (Lipinski definition) is 6. The molecule has 0 saturated carbocycles. The topological polar surface area (TPSA) is 106 Å². The third-order valence-corrected chi connectivity index (χ3v) is 2.45. The largest absolute Gasteiger partial charge is 0.397 e. The summed E-state index contributed by atoms with van der Waals surface area (Å²) in [4.78, 5) is 3.91. The number of nitrogens with one attached hydrogen (secondary N) is 2. The first-order chi connectivity index (χ1) is 8.33. The number of fused-ring (bicyclic) bond motifs is 1. The molecular formula is C10H10N6O. The second-order valence-corrected chi connectivity index (χ2v) is 3.60. The molecule has 7 heteroatoms. The predicted molar refractivity (Wildman–Crippen MR) is 62.1 cm³/mol. The Morgan fingerprint density at radius 1 is 1.41 bits per heavy atom. The number of nitrogen functional groups attached to an aromatic ring is 1. The first-order valence-electron chi connectivity index (χ1n) is 5.04. The summed E-state index contributed by atoms with van der Waals surface area (Å²) in [6.07, 6.45) is 3.02. The molecule has 0 atom stereocenters. The third kappa shape index (κ3) is 1.78. The number of aromatic amines is 1. The third-order valence-electron chi connectivity index (χ3n) is 2.45. The van der Waals surface area contributed by atoms with Crippen LogP contribution in [0.4, 0.5) is 11.4 Å². The second kappa shape index (κ2) is 3.78. The van der Waals surface area contributed by atoms with Crippen molar-refractivity contribution in [3.05, 3.63) is 30.5 Å². The van der Waals surface area contributed by atoms with Gasteiger partial charge in [-0.1, -0.05) is 5.16 Å². The number of H-pyrrole nitrogens is 1. The van der Waals surface area contributed by atoms with Crippen molar-refractivity contribution >= 4 is 22.3 Å². The molecule has 86 valence electrons. The maximum Gasteiger partial charge on any atom is 0.213 e. The van der Waals surface area contributed by atoms with E-state index in [0.717, 1.165) is 16.6 Å². The molecule has 2 heterocycles. The van der Waals surface area contributed by atoms with Gasteiger partial charge >= 0.3 is 0 Å². The molecule has 7 nitrogen and oxygen atoms in total. The highest BCUT2D eigenvalue weighted by molar-refractivity contribution is 5.88. The van der Waals surface area contributed by atoms with Crippen LogP contribution in [0.15, 0.2) is 29.2 Å². The number of nitrogens with zero attached hydrogens (tertiary/aromatic N) is 3. The van der Waals surface area contributed by atoms with Gasteiger partial charge in [0.1, 0.15) is 0 Å². The Balaban J connectivity index is 1.86. The van der Waals surface area contributed by atoms with E-state index >= 15 is 0 Å².